The smallest absolute Gasteiger partial charge is 0.119 e. The maximum Gasteiger partial charge on any atom is 0.119 e. The molecule has 0 aliphatic heterocycles. The minimum Gasteiger partial charge on any atom is -0.494 e. The molecule has 0 saturated heterocycles. The summed E-state index contributed by atoms with van der Waals surface area (Å²) in [6.45, 7) is 5.29. The summed E-state index contributed by atoms with van der Waals surface area (Å²) in [6.07, 6.45) is 4.11. The second-order valence-corrected chi connectivity index (χ2v) is 6.09. The molecule has 3 atom stereocenters. The monoisotopic (exact) mass is 262 g/mol. The van der Waals surface area contributed by atoms with Gasteiger partial charge in [-0.1, -0.05) is 32.0 Å². The van der Waals surface area contributed by atoms with Gasteiger partial charge in [-0.15, -0.1) is 0 Å². The fourth-order valence-corrected chi connectivity index (χ4v) is 3.04. The lowest BCUT2D eigenvalue weighted by molar-refractivity contribution is 0.0272. The minimum absolute atomic E-state index is 0.130. The Hall–Kier alpha value is -1.02. The molecule has 0 amide bonds. The molecule has 0 spiro atoms. The zero-order chi connectivity index (χ0) is 13.7. The summed E-state index contributed by atoms with van der Waals surface area (Å²) in [5, 5.41) is 10.1. The Kier molecular flexibility index (Phi) is 5.26. The van der Waals surface area contributed by atoms with E-state index >= 15 is 0 Å². The fourth-order valence-electron chi connectivity index (χ4n) is 3.04. The summed E-state index contributed by atoms with van der Waals surface area (Å²) >= 11 is 0. The van der Waals surface area contributed by atoms with Crippen molar-refractivity contribution in [1.82, 2.24) is 0 Å². The van der Waals surface area contributed by atoms with E-state index in [1.54, 1.807) is 0 Å². The summed E-state index contributed by atoms with van der Waals surface area (Å²) in [7, 11) is 0. The van der Waals surface area contributed by atoms with Crippen LogP contribution in [-0.4, -0.2) is 17.8 Å². The van der Waals surface area contributed by atoms with Crippen LogP contribution in [0.25, 0.3) is 0 Å². The van der Waals surface area contributed by atoms with Crippen LogP contribution >= 0.6 is 0 Å². The summed E-state index contributed by atoms with van der Waals surface area (Å²) in [5.74, 6) is 2.83. The zero-order valence-corrected chi connectivity index (χ0v) is 12.1. The molecule has 2 rings (SSSR count). The molecule has 0 bridgehead atoms. The number of hydrogen-bond donors (Lipinski definition) is 1. The molecule has 2 heteroatoms. The molecule has 1 saturated carbocycles. The van der Waals surface area contributed by atoms with Crippen molar-refractivity contribution >= 4 is 0 Å². The molecular formula is C17H26O2. The zero-order valence-electron chi connectivity index (χ0n) is 12.1. The van der Waals surface area contributed by atoms with E-state index in [1.807, 2.05) is 30.3 Å². The van der Waals surface area contributed by atoms with Crippen LogP contribution in [0.4, 0.5) is 0 Å². The van der Waals surface area contributed by atoms with Crippen molar-refractivity contribution in [2.45, 2.75) is 45.6 Å². The van der Waals surface area contributed by atoms with Crippen molar-refractivity contribution in [3.8, 4) is 5.75 Å². The van der Waals surface area contributed by atoms with Gasteiger partial charge in [0.2, 0.25) is 0 Å². The predicted octanol–water partition coefficient (Wildman–Crippen LogP) is 3.89. The predicted molar refractivity (Wildman–Crippen MR) is 78.2 cm³/mol. The maximum atomic E-state index is 10.1. The molecule has 2 nitrogen and oxygen atoms in total. The number of rotatable bonds is 5. The first-order valence-corrected chi connectivity index (χ1v) is 7.52. The van der Waals surface area contributed by atoms with Crippen LogP contribution in [0.15, 0.2) is 30.3 Å². The third-order valence-corrected chi connectivity index (χ3v) is 4.43. The first-order chi connectivity index (χ1) is 9.16. The van der Waals surface area contributed by atoms with Crippen molar-refractivity contribution < 1.29 is 9.84 Å². The van der Waals surface area contributed by atoms with Crippen LogP contribution in [-0.2, 0) is 0 Å². The van der Waals surface area contributed by atoms with Gasteiger partial charge in [-0.25, -0.2) is 0 Å². The molecule has 19 heavy (non-hydrogen) atoms. The lowest BCUT2D eigenvalue weighted by Crippen LogP contribution is -2.32. The van der Waals surface area contributed by atoms with E-state index in [2.05, 4.69) is 13.8 Å². The highest BCUT2D eigenvalue weighted by Crippen LogP contribution is 2.35. The lowest BCUT2D eigenvalue weighted by Gasteiger charge is -2.35. The van der Waals surface area contributed by atoms with Crippen LogP contribution in [0.1, 0.15) is 39.5 Å². The van der Waals surface area contributed by atoms with E-state index in [1.165, 1.54) is 6.42 Å². The number of benzene rings is 1. The molecule has 0 radical (unpaired) electrons. The quantitative estimate of drug-likeness (QED) is 0.872. The van der Waals surface area contributed by atoms with Crippen molar-refractivity contribution in [3.05, 3.63) is 30.3 Å². The Bertz CT molecular complexity index is 361. The van der Waals surface area contributed by atoms with Gasteiger partial charge in [0.1, 0.15) is 5.75 Å². The molecule has 1 aromatic carbocycles. The second-order valence-electron chi connectivity index (χ2n) is 6.09. The topological polar surface area (TPSA) is 29.5 Å². The third-order valence-electron chi connectivity index (χ3n) is 4.43. The van der Waals surface area contributed by atoms with Gasteiger partial charge in [0.15, 0.2) is 0 Å². The summed E-state index contributed by atoms with van der Waals surface area (Å²) in [4.78, 5) is 0. The Morgan fingerprint density at radius 3 is 2.63 bits per heavy atom. The SMILES string of the molecule is CC(C)C1CCC(O)C(CCOc2ccccc2)C1. The molecule has 1 aliphatic rings. The Morgan fingerprint density at radius 2 is 1.95 bits per heavy atom. The number of aliphatic hydroxyl groups excluding tert-OH is 1. The lowest BCUT2D eigenvalue weighted by atomic mass is 9.74. The van der Waals surface area contributed by atoms with E-state index in [-0.39, 0.29) is 6.10 Å². The molecular weight excluding hydrogens is 236 g/mol. The molecule has 0 aromatic heterocycles. The standard InChI is InChI=1S/C17H26O2/c1-13(2)14-8-9-17(18)15(12-14)10-11-19-16-6-4-3-5-7-16/h3-7,13-15,17-18H,8-12H2,1-2H3. The largest absolute Gasteiger partial charge is 0.494 e. The molecule has 1 aliphatic carbocycles. The van der Waals surface area contributed by atoms with Gasteiger partial charge < -0.3 is 9.84 Å². The summed E-state index contributed by atoms with van der Waals surface area (Å²) < 4.78 is 5.74. The van der Waals surface area contributed by atoms with Crippen molar-refractivity contribution in [2.75, 3.05) is 6.61 Å². The van der Waals surface area contributed by atoms with E-state index in [9.17, 15) is 5.11 Å². The first-order valence-electron chi connectivity index (χ1n) is 7.52. The number of aliphatic hydroxyl groups is 1. The number of ether oxygens (including phenoxy) is 1. The molecule has 0 heterocycles. The van der Waals surface area contributed by atoms with Crippen LogP contribution in [0.5, 0.6) is 5.75 Å². The Morgan fingerprint density at radius 1 is 1.21 bits per heavy atom. The van der Waals surface area contributed by atoms with Gasteiger partial charge in [-0.3, -0.25) is 0 Å². The third kappa shape index (κ3) is 4.24. The first kappa shape index (κ1) is 14.4. The number of hydrogen-bond acceptors (Lipinski definition) is 2. The highest BCUT2D eigenvalue weighted by atomic mass is 16.5. The van der Waals surface area contributed by atoms with E-state index in [0.717, 1.165) is 36.8 Å². The van der Waals surface area contributed by atoms with Crippen molar-refractivity contribution in [1.29, 1.82) is 0 Å². The van der Waals surface area contributed by atoms with E-state index < -0.39 is 0 Å². The number of para-hydroxylation sites is 1. The maximum absolute atomic E-state index is 10.1. The van der Waals surface area contributed by atoms with Crippen molar-refractivity contribution in [2.24, 2.45) is 17.8 Å². The highest BCUT2D eigenvalue weighted by Gasteiger charge is 2.30. The van der Waals surface area contributed by atoms with E-state index in [0.29, 0.717) is 12.5 Å². The van der Waals surface area contributed by atoms with Crippen molar-refractivity contribution in [3.63, 3.8) is 0 Å². The van der Waals surface area contributed by atoms with Crippen LogP contribution in [0, 0.1) is 17.8 Å². The van der Waals surface area contributed by atoms with Gasteiger partial charge in [0, 0.05) is 0 Å². The van der Waals surface area contributed by atoms with Gasteiger partial charge in [0.05, 0.1) is 12.7 Å². The molecule has 106 valence electrons. The molecule has 1 fully saturated rings. The summed E-state index contributed by atoms with van der Waals surface area (Å²) in [6, 6.07) is 9.92. The average molecular weight is 262 g/mol. The Balaban J connectivity index is 1.77. The molecule has 3 unspecified atom stereocenters. The Labute approximate surface area is 116 Å². The van der Waals surface area contributed by atoms with Crippen LogP contribution < -0.4 is 4.74 Å². The normalized spacial score (nSPS) is 27.5. The summed E-state index contributed by atoms with van der Waals surface area (Å²) in [5.41, 5.74) is 0. The van der Waals surface area contributed by atoms with Gasteiger partial charge in [-0.05, 0) is 55.6 Å². The van der Waals surface area contributed by atoms with E-state index in [4.69, 9.17) is 4.74 Å². The van der Waals surface area contributed by atoms with Gasteiger partial charge in [-0.2, -0.15) is 0 Å². The van der Waals surface area contributed by atoms with Crippen LogP contribution in [0.2, 0.25) is 0 Å². The minimum atomic E-state index is -0.130. The fraction of sp³-hybridized carbons (Fsp3) is 0.647. The molecule has 1 N–H and O–H groups in total. The second kappa shape index (κ2) is 6.95. The van der Waals surface area contributed by atoms with Gasteiger partial charge >= 0.3 is 0 Å². The van der Waals surface area contributed by atoms with Crippen LogP contribution in [0.3, 0.4) is 0 Å². The average Bonchev–Trinajstić information content (AvgIpc) is 2.42. The highest BCUT2D eigenvalue weighted by molar-refractivity contribution is 5.20. The molecule has 1 aromatic rings. The van der Waals surface area contributed by atoms with Gasteiger partial charge in [0.25, 0.3) is 0 Å².